The van der Waals surface area contributed by atoms with E-state index >= 15 is 0 Å². The fraction of sp³-hybridized carbons (Fsp3) is 0.350. The number of H-pyrrole nitrogens is 1. The van der Waals surface area contributed by atoms with E-state index in [9.17, 15) is 18.0 Å². The Morgan fingerprint density at radius 2 is 1.90 bits per heavy atom. The molecule has 2 aromatic heterocycles. The Labute approximate surface area is 175 Å². The zero-order valence-corrected chi connectivity index (χ0v) is 16.8. The first kappa shape index (κ1) is 20.4. The second-order valence-corrected chi connectivity index (χ2v) is 8.04. The van der Waals surface area contributed by atoms with Crippen molar-refractivity contribution in [3.63, 3.8) is 0 Å². The molecule has 1 aromatic carbocycles. The average Bonchev–Trinajstić information content (AvgIpc) is 3.40. The van der Waals surface area contributed by atoms with Crippen LogP contribution >= 0.6 is 11.3 Å². The smallest absolute Gasteiger partial charge is 0.355 e. The van der Waals surface area contributed by atoms with Crippen molar-refractivity contribution in [3.05, 3.63) is 42.1 Å². The molecule has 0 unspecified atom stereocenters. The van der Waals surface area contributed by atoms with E-state index in [0.29, 0.717) is 11.4 Å². The zero-order valence-electron chi connectivity index (χ0n) is 16.0. The summed E-state index contributed by atoms with van der Waals surface area (Å²) in [7, 11) is 0. The van der Waals surface area contributed by atoms with Gasteiger partial charge in [-0.25, -0.2) is 4.98 Å². The predicted octanol–water partition coefficient (Wildman–Crippen LogP) is 4.37. The molecule has 1 aliphatic heterocycles. The molecule has 1 saturated heterocycles. The van der Waals surface area contributed by atoms with Crippen LogP contribution in [0.4, 0.5) is 19.0 Å². The number of aromatic amines is 1. The second-order valence-electron chi connectivity index (χ2n) is 7.04. The van der Waals surface area contributed by atoms with Gasteiger partial charge in [-0.1, -0.05) is 30.3 Å². The number of nitrogens with zero attached hydrogens (tertiary/aromatic N) is 3. The number of thiazole rings is 1. The van der Waals surface area contributed by atoms with Gasteiger partial charge in [0, 0.05) is 18.7 Å². The highest BCUT2D eigenvalue weighted by Crippen LogP contribution is 2.40. The molecule has 30 heavy (non-hydrogen) atoms. The molecular weight excluding hydrogens is 415 g/mol. The summed E-state index contributed by atoms with van der Waals surface area (Å²) in [4.78, 5) is 19.0. The van der Waals surface area contributed by atoms with E-state index < -0.39 is 12.1 Å². The van der Waals surface area contributed by atoms with Crippen molar-refractivity contribution in [1.29, 1.82) is 0 Å². The molecule has 0 saturated carbocycles. The molecule has 1 amide bonds. The lowest BCUT2D eigenvalue weighted by Crippen LogP contribution is -2.36. The van der Waals surface area contributed by atoms with E-state index in [-0.39, 0.29) is 6.54 Å². The van der Waals surface area contributed by atoms with Crippen molar-refractivity contribution in [3.8, 4) is 21.1 Å². The van der Waals surface area contributed by atoms with E-state index in [2.05, 4.69) is 15.1 Å². The van der Waals surface area contributed by atoms with Gasteiger partial charge in [0.15, 0.2) is 0 Å². The van der Waals surface area contributed by atoms with Gasteiger partial charge in [-0.05, 0) is 25.3 Å². The lowest BCUT2D eigenvalue weighted by molar-refractivity contribution is -0.173. The van der Waals surface area contributed by atoms with Gasteiger partial charge >= 0.3 is 12.1 Å². The molecular formula is C20H20F3N5OS. The van der Waals surface area contributed by atoms with Crippen LogP contribution in [-0.2, 0) is 11.3 Å². The number of alkyl halides is 3. The van der Waals surface area contributed by atoms with Crippen LogP contribution in [0.25, 0.3) is 21.1 Å². The van der Waals surface area contributed by atoms with Gasteiger partial charge in [-0.3, -0.25) is 9.89 Å². The highest BCUT2D eigenvalue weighted by atomic mass is 32.1. The lowest BCUT2D eigenvalue weighted by atomic mass is 10.1. The van der Waals surface area contributed by atoms with Crippen molar-refractivity contribution < 1.29 is 18.0 Å². The number of rotatable bonds is 5. The van der Waals surface area contributed by atoms with Crippen LogP contribution in [0.1, 0.15) is 25.0 Å². The molecule has 3 aromatic rings. The predicted molar refractivity (Wildman–Crippen MR) is 109 cm³/mol. The molecule has 0 bridgehead atoms. The first-order chi connectivity index (χ1) is 14.4. The fourth-order valence-corrected chi connectivity index (χ4v) is 4.40. The molecule has 6 nitrogen and oxygen atoms in total. The van der Waals surface area contributed by atoms with Gasteiger partial charge in [0.1, 0.15) is 16.5 Å². The van der Waals surface area contributed by atoms with Crippen LogP contribution in [0.15, 0.2) is 36.4 Å². The Morgan fingerprint density at radius 3 is 2.60 bits per heavy atom. The molecule has 0 aliphatic carbocycles. The zero-order chi connectivity index (χ0) is 21.1. The number of hydrogen-bond acceptors (Lipinski definition) is 5. The number of carbonyl (C=O) groups is 1. The van der Waals surface area contributed by atoms with Gasteiger partial charge in [0.05, 0.1) is 17.1 Å². The third kappa shape index (κ3) is 4.48. The Morgan fingerprint density at radius 1 is 1.17 bits per heavy atom. The highest BCUT2D eigenvalue weighted by molar-refractivity contribution is 7.19. The van der Waals surface area contributed by atoms with Gasteiger partial charge < -0.3 is 10.2 Å². The number of nitrogens with one attached hydrogen (secondary N) is 2. The summed E-state index contributed by atoms with van der Waals surface area (Å²) in [5.41, 5.74) is 1.99. The quantitative estimate of drug-likeness (QED) is 0.624. The van der Waals surface area contributed by atoms with E-state index in [1.54, 1.807) is 6.07 Å². The van der Waals surface area contributed by atoms with Crippen molar-refractivity contribution >= 4 is 23.1 Å². The summed E-state index contributed by atoms with van der Waals surface area (Å²) < 4.78 is 37.2. The number of amides is 1. The first-order valence-corrected chi connectivity index (χ1v) is 10.4. The lowest BCUT2D eigenvalue weighted by Gasteiger charge is -2.27. The largest absolute Gasteiger partial charge is 0.471 e. The molecule has 10 heteroatoms. The molecule has 0 spiro atoms. The Hall–Kier alpha value is -2.88. The van der Waals surface area contributed by atoms with Gasteiger partial charge in [-0.2, -0.15) is 18.3 Å². The monoisotopic (exact) mass is 435 g/mol. The molecule has 3 heterocycles. The number of piperidine rings is 1. The van der Waals surface area contributed by atoms with Gasteiger partial charge in [0.2, 0.25) is 0 Å². The van der Waals surface area contributed by atoms with Crippen LogP contribution in [0.3, 0.4) is 0 Å². The first-order valence-electron chi connectivity index (χ1n) is 9.62. The molecule has 1 aliphatic rings. The molecule has 2 N–H and O–H groups in total. The number of hydrogen-bond donors (Lipinski definition) is 2. The SMILES string of the molecule is O=C(NCc1cc(-c2sc(-c3ccccc3)nc2N2CCCCC2)n[nH]1)C(F)(F)F. The van der Waals surface area contributed by atoms with Crippen molar-refractivity contribution in [2.24, 2.45) is 0 Å². The summed E-state index contributed by atoms with van der Waals surface area (Å²) in [5, 5.41) is 9.71. The molecule has 0 atom stereocenters. The minimum absolute atomic E-state index is 0.283. The molecule has 158 valence electrons. The fourth-order valence-electron chi connectivity index (χ4n) is 3.35. The molecule has 1 fully saturated rings. The standard InChI is InChI=1S/C20H20F3N5OS/c21-20(22,23)19(29)24-12-14-11-15(27-26-14)16-17(28-9-5-2-6-10-28)25-18(30-16)13-7-3-1-4-8-13/h1,3-4,7-8,11H,2,5-6,9-10,12H2,(H,24,29)(H,26,27). The summed E-state index contributed by atoms with van der Waals surface area (Å²) in [5.74, 6) is -1.13. The Kier molecular flexibility index (Phi) is 5.76. The Bertz CT molecular complexity index is 1010. The summed E-state index contributed by atoms with van der Waals surface area (Å²) >= 11 is 1.50. The average molecular weight is 435 g/mol. The Balaban J connectivity index is 1.62. The maximum atomic E-state index is 12.4. The summed E-state index contributed by atoms with van der Waals surface area (Å²) in [6.45, 7) is 1.53. The number of benzene rings is 1. The van der Waals surface area contributed by atoms with Crippen LogP contribution in [-0.4, -0.2) is 40.4 Å². The summed E-state index contributed by atoms with van der Waals surface area (Å²) in [6, 6.07) is 11.5. The van der Waals surface area contributed by atoms with Gasteiger partial charge in [-0.15, -0.1) is 11.3 Å². The topological polar surface area (TPSA) is 73.9 Å². The second kappa shape index (κ2) is 8.47. The van der Waals surface area contributed by atoms with Crippen molar-refractivity contribution in [2.45, 2.75) is 32.0 Å². The minimum atomic E-state index is -4.91. The number of anilines is 1. The van der Waals surface area contributed by atoms with Crippen LogP contribution < -0.4 is 10.2 Å². The van der Waals surface area contributed by atoms with Gasteiger partial charge in [0.25, 0.3) is 0 Å². The van der Waals surface area contributed by atoms with E-state index in [1.165, 1.54) is 17.8 Å². The van der Waals surface area contributed by atoms with Crippen LogP contribution in [0.5, 0.6) is 0 Å². The van der Waals surface area contributed by atoms with E-state index in [0.717, 1.165) is 47.2 Å². The highest BCUT2D eigenvalue weighted by Gasteiger charge is 2.38. The normalized spacial score (nSPS) is 14.7. The van der Waals surface area contributed by atoms with Crippen molar-refractivity contribution in [1.82, 2.24) is 20.5 Å². The number of aromatic nitrogens is 3. The summed E-state index contributed by atoms with van der Waals surface area (Å²) in [6.07, 6.45) is -1.54. The van der Waals surface area contributed by atoms with Crippen LogP contribution in [0.2, 0.25) is 0 Å². The third-order valence-electron chi connectivity index (χ3n) is 4.85. The molecule has 0 radical (unpaired) electrons. The minimum Gasteiger partial charge on any atom is -0.355 e. The van der Waals surface area contributed by atoms with E-state index in [4.69, 9.17) is 4.98 Å². The maximum absolute atomic E-state index is 12.4. The number of carbonyl (C=O) groups excluding carboxylic acids is 1. The van der Waals surface area contributed by atoms with Crippen molar-refractivity contribution in [2.75, 3.05) is 18.0 Å². The maximum Gasteiger partial charge on any atom is 0.471 e. The third-order valence-corrected chi connectivity index (χ3v) is 5.96. The van der Waals surface area contributed by atoms with E-state index in [1.807, 2.05) is 35.6 Å². The van der Waals surface area contributed by atoms with Crippen LogP contribution in [0, 0.1) is 0 Å². The molecule has 4 rings (SSSR count). The number of halogens is 3.